The van der Waals surface area contributed by atoms with Crippen molar-refractivity contribution in [1.29, 1.82) is 0 Å². The molecule has 4 nitrogen and oxygen atoms in total. The first kappa shape index (κ1) is 17.5. The number of ketones is 1. The number of Topliss-reactive ketones (excluding diaryl/α,β-unsaturated/α-hetero) is 1. The van der Waals surface area contributed by atoms with E-state index in [0.29, 0.717) is 0 Å². The van der Waals surface area contributed by atoms with Crippen molar-refractivity contribution in [2.45, 2.75) is 25.3 Å². The monoisotopic (exact) mass is 356 g/mol. The molecule has 1 aromatic carbocycles. The van der Waals surface area contributed by atoms with Crippen LogP contribution in [0.2, 0.25) is 5.32 Å². The molecule has 0 bridgehead atoms. The summed E-state index contributed by atoms with van der Waals surface area (Å²) in [6.45, 7) is 3.42. The number of esters is 1. The van der Waals surface area contributed by atoms with Crippen LogP contribution in [-0.4, -0.2) is 39.9 Å². The molecule has 0 fully saturated rings. The maximum absolute atomic E-state index is 11.8. The van der Waals surface area contributed by atoms with E-state index in [-0.39, 0.29) is 32.8 Å². The molecule has 0 aliphatic carbocycles. The molecule has 1 aromatic rings. The Bertz CT molecular complexity index is 484. The first-order chi connectivity index (χ1) is 10.0. The summed E-state index contributed by atoms with van der Waals surface area (Å²) in [5.41, 5.74) is 0. The SMILES string of the molecule is COC(=O)/C=C/O[C@@H](C)[C@@H](C[Se]c1ccccc1)C(C)=O. The summed E-state index contributed by atoms with van der Waals surface area (Å²) in [5, 5.41) is 0.777. The molecule has 2 atom stereocenters. The van der Waals surface area contributed by atoms with Gasteiger partial charge in [0.1, 0.15) is 0 Å². The van der Waals surface area contributed by atoms with Gasteiger partial charge in [0.2, 0.25) is 0 Å². The van der Waals surface area contributed by atoms with Crippen molar-refractivity contribution in [3.8, 4) is 0 Å². The van der Waals surface area contributed by atoms with Gasteiger partial charge in [-0.15, -0.1) is 0 Å². The molecule has 0 saturated carbocycles. The predicted octanol–water partition coefficient (Wildman–Crippen LogP) is 1.73. The molecular formula is C16H20O4Se. The number of benzene rings is 1. The van der Waals surface area contributed by atoms with E-state index in [9.17, 15) is 9.59 Å². The molecular weight excluding hydrogens is 335 g/mol. The van der Waals surface area contributed by atoms with Gasteiger partial charge in [-0.25, -0.2) is 0 Å². The molecule has 0 spiro atoms. The number of carbonyl (C=O) groups excluding carboxylic acids is 2. The summed E-state index contributed by atoms with van der Waals surface area (Å²) in [7, 11) is 1.30. The Morgan fingerprint density at radius 2 is 1.95 bits per heavy atom. The first-order valence-electron chi connectivity index (χ1n) is 6.63. The molecule has 0 aliphatic rings. The van der Waals surface area contributed by atoms with Crippen molar-refractivity contribution < 1.29 is 19.1 Å². The molecule has 0 aliphatic heterocycles. The Kier molecular flexibility index (Phi) is 7.80. The van der Waals surface area contributed by atoms with Crippen LogP contribution in [0, 0.1) is 5.92 Å². The number of hydrogen-bond donors (Lipinski definition) is 0. The molecule has 0 unspecified atom stereocenters. The van der Waals surface area contributed by atoms with Crippen molar-refractivity contribution in [3.05, 3.63) is 42.7 Å². The van der Waals surface area contributed by atoms with Gasteiger partial charge < -0.3 is 0 Å². The van der Waals surface area contributed by atoms with Gasteiger partial charge in [-0.05, 0) is 0 Å². The van der Waals surface area contributed by atoms with Gasteiger partial charge in [0.05, 0.1) is 0 Å². The predicted molar refractivity (Wildman–Crippen MR) is 82.5 cm³/mol. The van der Waals surface area contributed by atoms with Gasteiger partial charge in [-0.1, -0.05) is 0 Å². The average Bonchev–Trinajstić information content (AvgIpc) is 2.48. The van der Waals surface area contributed by atoms with Crippen molar-refractivity contribution in [2.24, 2.45) is 5.92 Å². The van der Waals surface area contributed by atoms with Gasteiger partial charge in [-0.2, -0.15) is 0 Å². The molecule has 0 N–H and O–H groups in total. The van der Waals surface area contributed by atoms with E-state index in [1.165, 1.54) is 23.9 Å². The zero-order valence-corrected chi connectivity index (χ0v) is 14.2. The van der Waals surface area contributed by atoms with Gasteiger partial charge in [-0.3, -0.25) is 0 Å². The molecule has 1 rings (SSSR count). The van der Waals surface area contributed by atoms with Crippen LogP contribution in [0.25, 0.3) is 0 Å². The standard InChI is InChI=1S/C16H20O4Se/c1-12(17)15(11-21-14-7-5-4-6-8-14)13(2)20-10-9-16(18)19-3/h4-10,13,15H,11H2,1-3H3/b10-9+/t13-,15-/m0/s1. The Hall–Kier alpha value is -1.58. The van der Waals surface area contributed by atoms with Crippen LogP contribution < -0.4 is 4.46 Å². The molecule has 114 valence electrons. The van der Waals surface area contributed by atoms with Crippen molar-refractivity contribution in [1.82, 2.24) is 0 Å². The fourth-order valence-electron chi connectivity index (χ4n) is 1.67. The first-order valence-corrected chi connectivity index (χ1v) is 8.69. The maximum atomic E-state index is 11.8. The van der Waals surface area contributed by atoms with Crippen LogP contribution in [0.1, 0.15) is 13.8 Å². The molecule has 0 aromatic heterocycles. The van der Waals surface area contributed by atoms with Crippen LogP contribution in [0.3, 0.4) is 0 Å². The van der Waals surface area contributed by atoms with Crippen LogP contribution in [0.4, 0.5) is 0 Å². The molecule has 21 heavy (non-hydrogen) atoms. The van der Waals surface area contributed by atoms with Crippen molar-refractivity contribution in [3.63, 3.8) is 0 Å². The zero-order chi connectivity index (χ0) is 15.7. The minimum atomic E-state index is -0.477. The zero-order valence-electron chi connectivity index (χ0n) is 12.4. The van der Waals surface area contributed by atoms with E-state index in [4.69, 9.17) is 4.74 Å². The number of rotatable bonds is 8. The third-order valence-corrected chi connectivity index (χ3v) is 5.33. The average molecular weight is 355 g/mol. The molecule has 0 heterocycles. The fourth-order valence-corrected chi connectivity index (χ4v) is 4.24. The Labute approximate surface area is 131 Å². The van der Waals surface area contributed by atoms with Gasteiger partial charge in [0.25, 0.3) is 0 Å². The van der Waals surface area contributed by atoms with Crippen LogP contribution >= 0.6 is 0 Å². The number of carbonyl (C=O) groups is 2. The summed E-state index contributed by atoms with van der Waals surface area (Å²) >= 11 is 0.223. The number of methoxy groups -OCH3 is 1. The normalized spacial score (nSPS) is 13.7. The molecule has 0 saturated heterocycles. The van der Waals surface area contributed by atoms with E-state index < -0.39 is 5.97 Å². The summed E-state index contributed by atoms with van der Waals surface area (Å²) in [6.07, 6.45) is 2.23. The van der Waals surface area contributed by atoms with Crippen LogP contribution in [0.5, 0.6) is 0 Å². The topological polar surface area (TPSA) is 52.6 Å². The summed E-state index contributed by atoms with van der Waals surface area (Å²) in [6, 6.07) is 10.1. The van der Waals surface area contributed by atoms with Gasteiger partial charge in [0, 0.05) is 0 Å². The Morgan fingerprint density at radius 1 is 1.29 bits per heavy atom. The molecule has 5 heteroatoms. The fraction of sp³-hybridized carbons (Fsp3) is 0.375. The summed E-state index contributed by atoms with van der Waals surface area (Å²) < 4.78 is 11.2. The molecule has 0 amide bonds. The quantitative estimate of drug-likeness (QED) is 0.308. The van der Waals surface area contributed by atoms with Gasteiger partial charge in [0.15, 0.2) is 0 Å². The summed E-state index contributed by atoms with van der Waals surface area (Å²) in [4.78, 5) is 22.7. The van der Waals surface area contributed by atoms with Crippen molar-refractivity contribution >= 4 is 31.2 Å². The Balaban J connectivity index is 2.54. The summed E-state index contributed by atoms with van der Waals surface area (Å²) in [5.74, 6) is -0.547. The third-order valence-electron chi connectivity index (χ3n) is 2.96. The number of ether oxygens (including phenoxy) is 2. The van der Waals surface area contributed by atoms with Crippen LogP contribution in [0.15, 0.2) is 42.7 Å². The third kappa shape index (κ3) is 6.61. The van der Waals surface area contributed by atoms with E-state index >= 15 is 0 Å². The second-order valence-corrected chi connectivity index (χ2v) is 6.80. The van der Waals surface area contributed by atoms with E-state index in [1.54, 1.807) is 6.92 Å². The van der Waals surface area contributed by atoms with Crippen LogP contribution in [-0.2, 0) is 19.1 Å². The van der Waals surface area contributed by atoms with Gasteiger partial charge >= 0.3 is 131 Å². The van der Waals surface area contributed by atoms with Crippen molar-refractivity contribution in [2.75, 3.05) is 7.11 Å². The van der Waals surface area contributed by atoms with E-state index in [1.807, 2.05) is 25.1 Å². The van der Waals surface area contributed by atoms with E-state index in [0.717, 1.165) is 5.32 Å². The Morgan fingerprint density at radius 3 is 2.52 bits per heavy atom. The molecule has 0 radical (unpaired) electrons. The second-order valence-electron chi connectivity index (χ2n) is 4.51. The number of hydrogen-bond acceptors (Lipinski definition) is 4. The minimum absolute atomic E-state index is 0.103. The van der Waals surface area contributed by atoms with E-state index in [2.05, 4.69) is 16.9 Å². The second kappa shape index (κ2) is 9.37.